The largest absolute Gasteiger partial charge is 0.494 e. The topological polar surface area (TPSA) is 120 Å². The van der Waals surface area contributed by atoms with E-state index in [0.29, 0.717) is 5.56 Å². The maximum absolute atomic E-state index is 11.9. The summed E-state index contributed by atoms with van der Waals surface area (Å²) in [6.07, 6.45) is 0. The number of rotatable bonds is 5. The molecule has 0 aromatic heterocycles. The van der Waals surface area contributed by atoms with E-state index in [1.807, 2.05) is 44.0 Å². The van der Waals surface area contributed by atoms with Crippen LogP contribution in [0.25, 0.3) is 0 Å². The molecule has 1 saturated heterocycles. The summed E-state index contributed by atoms with van der Waals surface area (Å²) in [5.41, 5.74) is 6.99. The number of carbonyl (C=O) groups excluding carboxylic acids is 1. The Morgan fingerprint density at radius 3 is 2.33 bits per heavy atom. The van der Waals surface area contributed by atoms with E-state index in [4.69, 9.17) is 15.0 Å². The van der Waals surface area contributed by atoms with Crippen molar-refractivity contribution in [1.29, 1.82) is 0 Å². The molecule has 8 nitrogen and oxygen atoms in total. The fourth-order valence-electron chi connectivity index (χ4n) is 2.19. The van der Waals surface area contributed by atoms with Gasteiger partial charge in [-0.3, -0.25) is 5.43 Å². The quantitative estimate of drug-likeness (QED) is 0.507. The van der Waals surface area contributed by atoms with Gasteiger partial charge in [-0.1, -0.05) is 24.3 Å². The summed E-state index contributed by atoms with van der Waals surface area (Å²) in [7, 11) is -4.33. The highest BCUT2D eigenvalue weighted by molar-refractivity contribution is 7.88. The molecule has 0 unspecified atom stereocenters. The number of primary amides is 1. The number of sulfonamides is 1. The van der Waals surface area contributed by atoms with Gasteiger partial charge >= 0.3 is 13.1 Å². The van der Waals surface area contributed by atoms with Crippen LogP contribution < -0.4 is 21.5 Å². The van der Waals surface area contributed by atoms with Crippen molar-refractivity contribution in [1.82, 2.24) is 10.3 Å². The summed E-state index contributed by atoms with van der Waals surface area (Å²) in [4.78, 5) is 12.5. The molecule has 2 rings (SSSR count). The summed E-state index contributed by atoms with van der Waals surface area (Å²) in [6.45, 7) is 7.78. The summed E-state index contributed by atoms with van der Waals surface area (Å²) in [6, 6.07) is 5.92. The second kappa shape index (κ2) is 6.36. The molecule has 1 aromatic rings. The molecule has 0 aliphatic carbocycles. The van der Waals surface area contributed by atoms with Gasteiger partial charge in [0.2, 0.25) is 10.0 Å². The molecular weight excluding hydrogens is 333 g/mol. The molecule has 24 heavy (non-hydrogen) atoms. The second-order valence-corrected chi connectivity index (χ2v) is 8.41. The van der Waals surface area contributed by atoms with E-state index in [2.05, 4.69) is 0 Å². The van der Waals surface area contributed by atoms with Gasteiger partial charge in [0.15, 0.2) is 0 Å². The van der Waals surface area contributed by atoms with Gasteiger partial charge in [-0.25, -0.2) is 13.2 Å². The van der Waals surface area contributed by atoms with Crippen LogP contribution in [-0.2, 0) is 25.1 Å². The Hall–Kier alpha value is -1.62. The average molecular weight is 355 g/mol. The normalized spacial score (nSPS) is 19.2. The summed E-state index contributed by atoms with van der Waals surface area (Å²) in [5.74, 6) is -0.319. The van der Waals surface area contributed by atoms with Crippen LogP contribution in [0.15, 0.2) is 24.3 Å². The van der Waals surface area contributed by atoms with Crippen molar-refractivity contribution in [3.63, 3.8) is 0 Å². The number of hydrazine groups is 1. The number of nitrogens with one attached hydrogen (secondary N) is 2. The minimum absolute atomic E-state index is 0.319. The number of amides is 2. The van der Waals surface area contributed by atoms with Crippen LogP contribution >= 0.6 is 0 Å². The van der Waals surface area contributed by atoms with Crippen LogP contribution in [0.5, 0.6) is 0 Å². The van der Waals surface area contributed by atoms with Crippen molar-refractivity contribution in [2.45, 2.75) is 44.6 Å². The first-order chi connectivity index (χ1) is 10.9. The molecule has 1 aliphatic heterocycles. The molecule has 1 heterocycles. The minimum atomic E-state index is -3.76. The van der Waals surface area contributed by atoms with E-state index in [1.54, 1.807) is 18.2 Å². The molecule has 10 heteroatoms. The number of urea groups is 1. The molecule has 0 atom stereocenters. The van der Waals surface area contributed by atoms with Gasteiger partial charge in [-0.05, 0) is 38.7 Å². The lowest BCUT2D eigenvalue weighted by Gasteiger charge is -2.32. The number of nitrogens with two attached hydrogens (primary N) is 1. The maximum atomic E-state index is 11.9. The number of hydrogen-bond acceptors (Lipinski definition) is 5. The fourth-order valence-corrected chi connectivity index (χ4v) is 3.14. The van der Waals surface area contributed by atoms with Gasteiger partial charge in [-0.15, -0.1) is 4.83 Å². The molecular formula is C14H22BN3O5S. The Morgan fingerprint density at radius 2 is 1.79 bits per heavy atom. The van der Waals surface area contributed by atoms with Crippen molar-refractivity contribution in [3.05, 3.63) is 29.8 Å². The maximum Gasteiger partial charge on any atom is 0.494 e. The van der Waals surface area contributed by atoms with E-state index in [0.717, 1.165) is 5.46 Å². The van der Waals surface area contributed by atoms with Gasteiger partial charge in [0.1, 0.15) is 0 Å². The Labute approximate surface area is 142 Å². The van der Waals surface area contributed by atoms with Crippen LogP contribution in [0.3, 0.4) is 0 Å². The SMILES string of the molecule is CC1(C)OB(c2cccc(CS(=O)(=O)NNC(N)=O)c2)OC1(C)C. The third-order valence-corrected chi connectivity index (χ3v) is 5.29. The Bertz CT molecular complexity index is 720. The number of hydrogen-bond donors (Lipinski definition) is 3. The van der Waals surface area contributed by atoms with E-state index in [1.165, 1.54) is 0 Å². The number of carbonyl (C=O) groups is 1. The minimum Gasteiger partial charge on any atom is -0.399 e. The van der Waals surface area contributed by atoms with Crippen molar-refractivity contribution >= 4 is 28.6 Å². The number of benzene rings is 1. The van der Waals surface area contributed by atoms with Crippen molar-refractivity contribution in [2.24, 2.45) is 5.73 Å². The lowest BCUT2D eigenvalue weighted by molar-refractivity contribution is 0.00578. The Kier molecular flexibility index (Phi) is 4.96. The fraction of sp³-hybridized carbons (Fsp3) is 0.500. The zero-order valence-electron chi connectivity index (χ0n) is 14.1. The zero-order valence-corrected chi connectivity index (χ0v) is 14.9. The first-order valence-corrected chi connectivity index (χ1v) is 9.06. The van der Waals surface area contributed by atoms with Crippen molar-refractivity contribution < 1.29 is 22.5 Å². The third kappa shape index (κ3) is 4.26. The summed E-state index contributed by atoms with van der Waals surface area (Å²) >= 11 is 0. The zero-order chi connectivity index (χ0) is 18.2. The smallest absolute Gasteiger partial charge is 0.399 e. The predicted octanol–water partition coefficient (Wildman–Crippen LogP) is -0.0115. The Morgan fingerprint density at radius 1 is 1.21 bits per heavy atom. The molecule has 1 fully saturated rings. The van der Waals surface area contributed by atoms with Gasteiger partial charge < -0.3 is 15.0 Å². The monoisotopic (exact) mass is 355 g/mol. The molecule has 132 valence electrons. The summed E-state index contributed by atoms with van der Waals surface area (Å²) < 4.78 is 35.7. The van der Waals surface area contributed by atoms with Crippen LogP contribution in [-0.4, -0.2) is 32.8 Å². The van der Waals surface area contributed by atoms with E-state index in [9.17, 15) is 13.2 Å². The first-order valence-electron chi connectivity index (χ1n) is 7.41. The highest BCUT2D eigenvalue weighted by Crippen LogP contribution is 2.36. The lowest BCUT2D eigenvalue weighted by Crippen LogP contribution is -2.44. The summed E-state index contributed by atoms with van der Waals surface area (Å²) in [5, 5.41) is 0. The van der Waals surface area contributed by atoms with Crippen molar-refractivity contribution in [3.8, 4) is 0 Å². The molecule has 4 N–H and O–H groups in total. The molecule has 1 aromatic carbocycles. The van der Waals surface area contributed by atoms with E-state index < -0.39 is 34.4 Å². The third-order valence-electron chi connectivity index (χ3n) is 4.16. The van der Waals surface area contributed by atoms with Gasteiger partial charge in [-0.2, -0.15) is 0 Å². The van der Waals surface area contributed by atoms with Crippen LogP contribution in [0.1, 0.15) is 33.3 Å². The standard InChI is InChI=1S/C14H22BN3O5S/c1-13(2)14(3,4)23-15(22-13)11-7-5-6-10(8-11)9-24(20,21)18-17-12(16)19/h5-8,18H,9H2,1-4H3,(H3,16,17,19). The van der Waals surface area contributed by atoms with Crippen molar-refractivity contribution in [2.75, 3.05) is 0 Å². The van der Waals surface area contributed by atoms with Gasteiger partial charge in [0.25, 0.3) is 0 Å². The van der Waals surface area contributed by atoms with Gasteiger partial charge in [0.05, 0.1) is 17.0 Å². The van der Waals surface area contributed by atoms with Crippen LogP contribution in [0, 0.1) is 0 Å². The molecule has 0 saturated carbocycles. The lowest BCUT2D eigenvalue weighted by atomic mass is 9.78. The molecule has 0 spiro atoms. The molecule has 0 radical (unpaired) electrons. The Balaban J connectivity index is 2.14. The second-order valence-electron chi connectivity index (χ2n) is 6.68. The van der Waals surface area contributed by atoms with Crippen LogP contribution in [0.4, 0.5) is 4.79 Å². The van der Waals surface area contributed by atoms with Gasteiger partial charge in [0, 0.05) is 0 Å². The molecule has 1 aliphatic rings. The van der Waals surface area contributed by atoms with E-state index >= 15 is 0 Å². The molecule has 2 amide bonds. The predicted molar refractivity (Wildman–Crippen MR) is 90.6 cm³/mol. The highest BCUT2D eigenvalue weighted by atomic mass is 32.2. The average Bonchev–Trinajstić information content (AvgIpc) is 2.65. The molecule has 0 bridgehead atoms. The first kappa shape index (κ1) is 18.7. The van der Waals surface area contributed by atoms with E-state index in [-0.39, 0.29) is 5.75 Å². The highest BCUT2D eigenvalue weighted by Gasteiger charge is 2.51. The van der Waals surface area contributed by atoms with Crippen LogP contribution in [0.2, 0.25) is 0 Å².